The van der Waals surface area contributed by atoms with Crippen molar-refractivity contribution in [2.45, 2.75) is 49.3 Å². The molecule has 2 atom stereocenters. The summed E-state index contributed by atoms with van der Waals surface area (Å²) in [5.74, 6) is 1.70. The molecule has 0 saturated carbocycles. The number of hydrogen-bond donors (Lipinski definition) is 0. The molecule has 0 radical (unpaired) electrons. The molecule has 0 N–H and O–H groups in total. The summed E-state index contributed by atoms with van der Waals surface area (Å²) in [4.78, 5) is 0.502. The van der Waals surface area contributed by atoms with Crippen LogP contribution >= 0.6 is 0 Å². The predicted molar refractivity (Wildman–Crippen MR) is 127 cm³/mol. The second kappa shape index (κ2) is 9.74. The second-order valence-electron chi connectivity index (χ2n) is 9.27. The molecule has 2 aromatic rings. The average molecular weight is 493 g/mol. The highest BCUT2D eigenvalue weighted by molar-refractivity contribution is 7.89. The fourth-order valence-corrected chi connectivity index (χ4v) is 7.72. The van der Waals surface area contributed by atoms with E-state index in [0.29, 0.717) is 49.5 Å². The summed E-state index contributed by atoms with van der Waals surface area (Å²) in [7, 11) is -7.03. The maximum atomic E-state index is 12.9. The van der Waals surface area contributed by atoms with Gasteiger partial charge in [-0.3, -0.25) is 0 Å². The normalized spacial score (nSPS) is 23.3. The molecule has 2 aliphatic heterocycles. The van der Waals surface area contributed by atoms with Gasteiger partial charge in [-0.1, -0.05) is 13.8 Å². The van der Waals surface area contributed by atoms with Gasteiger partial charge in [0.05, 0.1) is 9.79 Å². The SMILES string of the molecule is C[C@H]1CCCN(S(=O)(=O)c2ccc(Oc3ccc(S(=O)(=O)N4CCC[C@H](C)C4)cc3)cc2)C1. The first-order chi connectivity index (χ1) is 15.7. The maximum absolute atomic E-state index is 12.9. The van der Waals surface area contributed by atoms with Crippen molar-refractivity contribution in [2.75, 3.05) is 26.2 Å². The highest BCUT2D eigenvalue weighted by Gasteiger charge is 2.29. The quantitative estimate of drug-likeness (QED) is 0.600. The highest BCUT2D eigenvalue weighted by atomic mass is 32.2. The largest absolute Gasteiger partial charge is 0.457 e. The lowest BCUT2D eigenvalue weighted by molar-refractivity contribution is 0.281. The molecule has 2 fully saturated rings. The van der Waals surface area contributed by atoms with Crippen LogP contribution in [0.4, 0.5) is 0 Å². The van der Waals surface area contributed by atoms with E-state index in [4.69, 9.17) is 4.74 Å². The van der Waals surface area contributed by atoms with Crippen LogP contribution in [0.25, 0.3) is 0 Å². The van der Waals surface area contributed by atoms with Gasteiger partial charge in [-0.25, -0.2) is 16.8 Å². The van der Waals surface area contributed by atoms with Crippen LogP contribution in [0.3, 0.4) is 0 Å². The van der Waals surface area contributed by atoms with Crippen molar-refractivity contribution >= 4 is 20.0 Å². The van der Waals surface area contributed by atoms with Crippen LogP contribution in [0.5, 0.6) is 11.5 Å². The van der Waals surface area contributed by atoms with Crippen LogP contribution in [0.1, 0.15) is 39.5 Å². The van der Waals surface area contributed by atoms with E-state index >= 15 is 0 Å². The lowest BCUT2D eigenvalue weighted by atomic mass is 10.0. The predicted octanol–water partition coefficient (Wildman–Crippen LogP) is 4.32. The summed E-state index contributed by atoms with van der Waals surface area (Å²) < 4.78 is 60.6. The second-order valence-corrected chi connectivity index (χ2v) is 13.1. The van der Waals surface area contributed by atoms with Crippen LogP contribution in [-0.4, -0.2) is 51.6 Å². The Labute approximate surface area is 197 Å². The molecule has 7 nitrogen and oxygen atoms in total. The molecule has 0 spiro atoms. The molecule has 2 aliphatic rings. The molecule has 0 aromatic heterocycles. The smallest absolute Gasteiger partial charge is 0.243 e. The third-order valence-corrected chi connectivity index (χ3v) is 10.2. The Kier molecular flexibility index (Phi) is 7.14. The summed E-state index contributed by atoms with van der Waals surface area (Å²) >= 11 is 0. The molecule has 0 amide bonds. The summed E-state index contributed by atoms with van der Waals surface area (Å²) in [5.41, 5.74) is 0. The molecular formula is C24H32N2O5S2. The van der Waals surface area contributed by atoms with Crippen LogP contribution < -0.4 is 4.74 Å². The number of hydrogen-bond acceptors (Lipinski definition) is 5. The van der Waals surface area contributed by atoms with Gasteiger partial charge in [-0.15, -0.1) is 0 Å². The van der Waals surface area contributed by atoms with Crippen LogP contribution in [0.2, 0.25) is 0 Å². The first-order valence-electron chi connectivity index (χ1n) is 11.5. The summed E-state index contributed by atoms with van der Waals surface area (Å²) in [6.07, 6.45) is 3.86. The number of rotatable bonds is 6. The number of piperidine rings is 2. The molecule has 2 aromatic carbocycles. The van der Waals surface area contributed by atoms with Gasteiger partial charge in [-0.2, -0.15) is 8.61 Å². The number of sulfonamides is 2. The maximum Gasteiger partial charge on any atom is 0.243 e. The molecule has 33 heavy (non-hydrogen) atoms. The summed E-state index contributed by atoms with van der Waals surface area (Å²) in [6.45, 7) is 6.34. The minimum Gasteiger partial charge on any atom is -0.457 e. The van der Waals surface area contributed by atoms with Gasteiger partial charge < -0.3 is 4.74 Å². The van der Waals surface area contributed by atoms with Gasteiger partial charge in [0.15, 0.2) is 0 Å². The van der Waals surface area contributed by atoms with E-state index in [1.807, 2.05) is 0 Å². The topological polar surface area (TPSA) is 84.0 Å². The molecule has 2 heterocycles. The molecule has 0 unspecified atom stereocenters. The van der Waals surface area contributed by atoms with E-state index in [1.54, 1.807) is 57.1 Å². The van der Waals surface area contributed by atoms with Gasteiger partial charge in [-0.05, 0) is 86.1 Å². The molecule has 0 bridgehead atoms. The third-order valence-electron chi connectivity index (χ3n) is 6.40. The zero-order chi connectivity index (χ0) is 23.6. The summed E-state index contributed by atoms with van der Waals surface area (Å²) in [6, 6.07) is 12.7. The third kappa shape index (κ3) is 5.42. The van der Waals surface area contributed by atoms with Crippen molar-refractivity contribution in [1.29, 1.82) is 0 Å². The Morgan fingerprint density at radius 3 is 1.36 bits per heavy atom. The number of ether oxygens (including phenoxy) is 1. The Bertz CT molecular complexity index is 1070. The molecular weight excluding hydrogens is 460 g/mol. The van der Waals surface area contributed by atoms with E-state index in [2.05, 4.69) is 13.8 Å². The lowest BCUT2D eigenvalue weighted by Gasteiger charge is -2.30. The Hall–Kier alpha value is -1.94. The van der Waals surface area contributed by atoms with Gasteiger partial charge >= 0.3 is 0 Å². The van der Waals surface area contributed by atoms with Gasteiger partial charge in [0.2, 0.25) is 20.0 Å². The molecule has 2 saturated heterocycles. The fourth-order valence-electron chi connectivity index (χ4n) is 4.52. The molecule has 0 aliphatic carbocycles. The summed E-state index contributed by atoms with van der Waals surface area (Å²) in [5, 5.41) is 0. The molecule has 180 valence electrons. The molecule has 4 rings (SSSR count). The van der Waals surface area contributed by atoms with Crippen molar-refractivity contribution in [2.24, 2.45) is 11.8 Å². The van der Waals surface area contributed by atoms with Gasteiger partial charge in [0, 0.05) is 26.2 Å². The van der Waals surface area contributed by atoms with Gasteiger partial charge in [0.25, 0.3) is 0 Å². The van der Waals surface area contributed by atoms with E-state index in [9.17, 15) is 16.8 Å². The van der Waals surface area contributed by atoms with Crippen molar-refractivity contribution in [3.63, 3.8) is 0 Å². The Morgan fingerprint density at radius 1 is 0.667 bits per heavy atom. The Morgan fingerprint density at radius 2 is 1.03 bits per heavy atom. The van der Waals surface area contributed by atoms with Crippen molar-refractivity contribution in [1.82, 2.24) is 8.61 Å². The van der Waals surface area contributed by atoms with Crippen molar-refractivity contribution in [3.05, 3.63) is 48.5 Å². The average Bonchev–Trinajstić information content (AvgIpc) is 2.80. The van der Waals surface area contributed by atoms with Crippen molar-refractivity contribution < 1.29 is 21.6 Å². The van der Waals surface area contributed by atoms with E-state index in [-0.39, 0.29) is 9.79 Å². The van der Waals surface area contributed by atoms with E-state index in [0.717, 1.165) is 25.7 Å². The first kappa shape index (κ1) is 24.2. The minimum atomic E-state index is -3.51. The molecule has 9 heteroatoms. The minimum absolute atomic E-state index is 0.251. The van der Waals surface area contributed by atoms with Gasteiger partial charge in [0.1, 0.15) is 11.5 Å². The zero-order valence-electron chi connectivity index (χ0n) is 19.2. The van der Waals surface area contributed by atoms with Crippen LogP contribution in [0.15, 0.2) is 58.3 Å². The van der Waals surface area contributed by atoms with Crippen LogP contribution in [-0.2, 0) is 20.0 Å². The first-order valence-corrected chi connectivity index (χ1v) is 14.4. The monoisotopic (exact) mass is 492 g/mol. The standard InChI is InChI=1S/C24H32N2O5S2/c1-19-5-3-15-25(17-19)32(27,28)23-11-7-21(8-12-23)31-22-9-13-24(14-10-22)33(29,30)26-16-4-6-20(2)18-26/h7-14,19-20H,3-6,15-18H2,1-2H3/t19-,20-/m0/s1. The number of benzene rings is 2. The highest BCUT2D eigenvalue weighted by Crippen LogP contribution is 2.29. The van der Waals surface area contributed by atoms with Crippen molar-refractivity contribution in [3.8, 4) is 11.5 Å². The number of nitrogens with zero attached hydrogens (tertiary/aromatic N) is 2. The van der Waals surface area contributed by atoms with E-state index in [1.165, 1.54) is 0 Å². The van der Waals surface area contributed by atoms with Crippen LogP contribution in [0, 0.1) is 11.8 Å². The zero-order valence-corrected chi connectivity index (χ0v) is 20.8. The van der Waals surface area contributed by atoms with E-state index < -0.39 is 20.0 Å². The Balaban J connectivity index is 1.43. The lowest BCUT2D eigenvalue weighted by Crippen LogP contribution is -2.39. The fraction of sp³-hybridized carbons (Fsp3) is 0.500.